The highest BCUT2D eigenvalue weighted by molar-refractivity contribution is 7.80. The van der Waals surface area contributed by atoms with E-state index < -0.39 is 0 Å². The normalized spacial score (nSPS) is 23.6. The Hall–Kier alpha value is -0.940. The third kappa shape index (κ3) is 2.84. The molecule has 0 aromatic carbocycles. The SMILES string of the molecule is Cc1ccc(C(=O)NC2CCCC2C(N)=S)s1. The molecule has 2 atom stereocenters. The van der Waals surface area contributed by atoms with Gasteiger partial charge in [-0.3, -0.25) is 4.79 Å². The highest BCUT2D eigenvalue weighted by atomic mass is 32.1. The zero-order valence-corrected chi connectivity index (χ0v) is 11.4. The van der Waals surface area contributed by atoms with E-state index in [1.165, 1.54) is 11.3 Å². The van der Waals surface area contributed by atoms with Crippen molar-refractivity contribution in [1.29, 1.82) is 0 Å². The molecule has 92 valence electrons. The van der Waals surface area contributed by atoms with Gasteiger partial charge in [0.2, 0.25) is 0 Å². The van der Waals surface area contributed by atoms with Gasteiger partial charge in [-0.25, -0.2) is 0 Å². The van der Waals surface area contributed by atoms with Crippen molar-refractivity contribution in [2.24, 2.45) is 11.7 Å². The molecule has 0 aliphatic heterocycles. The Labute approximate surface area is 110 Å². The summed E-state index contributed by atoms with van der Waals surface area (Å²) in [6.07, 6.45) is 3.04. The minimum absolute atomic E-state index is 0.00347. The van der Waals surface area contributed by atoms with Crippen LogP contribution in [0.25, 0.3) is 0 Å². The lowest BCUT2D eigenvalue weighted by atomic mass is 10.0. The van der Waals surface area contributed by atoms with E-state index in [0.29, 0.717) is 4.99 Å². The standard InChI is InChI=1S/C12H16N2OS2/c1-7-5-6-10(17-7)12(15)14-9-4-2-3-8(9)11(13)16/h5-6,8-9H,2-4H2,1H3,(H2,13,16)(H,14,15). The number of nitrogens with one attached hydrogen (secondary N) is 1. The van der Waals surface area contributed by atoms with Gasteiger partial charge < -0.3 is 11.1 Å². The Bertz CT molecular complexity index is 441. The minimum Gasteiger partial charge on any atom is -0.393 e. The molecule has 1 aromatic rings. The van der Waals surface area contributed by atoms with Crippen LogP contribution in [0.15, 0.2) is 12.1 Å². The highest BCUT2D eigenvalue weighted by Crippen LogP contribution is 2.26. The van der Waals surface area contributed by atoms with Crippen LogP contribution in [0.3, 0.4) is 0 Å². The Morgan fingerprint density at radius 1 is 1.53 bits per heavy atom. The molecule has 1 amide bonds. The van der Waals surface area contributed by atoms with Crippen molar-refractivity contribution >= 4 is 34.5 Å². The molecule has 3 N–H and O–H groups in total. The second-order valence-electron chi connectivity index (χ2n) is 4.43. The van der Waals surface area contributed by atoms with Gasteiger partial charge >= 0.3 is 0 Å². The van der Waals surface area contributed by atoms with Crippen molar-refractivity contribution in [3.05, 3.63) is 21.9 Å². The van der Waals surface area contributed by atoms with E-state index in [4.69, 9.17) is 18.0 Å². The number of aryl methyl sites for hydroxylation is 1. The predicted molar refractivity (Wildman–Crippen MR) is 74.4 cm³/mol. The number of carbonyl (C=O) groups is 1. The topological polar surface area (TPSA) is 55.1 Å². The van der Waals surface area contributed by atoms with Gasteiger partial charge in [-0.2, -0.15) is 0 Å². The number of nitrogens with two attached hydrogens (primary N) is 1. The summed E-state index contributed by atoms with van der Waals surface area (Å²) < 4.78 is 0. The lowest BCUT2D eigenvalue weighted by Gasteiger charge is -2.19. The first kappa shape index (κ1) is 12.5. The molecule has 0 saturated heterocycles. The summed E-state index contributed by atoms with van der Waals surface area (Å²) in [4.78, 5) is 14.4. The molecular weight excluding hydrogens is 252 g/mol. The fourth-order valence-corrected chi connectivity index (χ4v) is 3.32. The van der Waals surface area contributed by atoms with E-state index in [1.807, 2.05) is 19.1 Å². The molecule has 0 radical (unpaired) electrons. The molecule has 1 saturated carbocycles. The smallest absolute Gasteiger partial charge is 0.261 e. The Balaban J connectivity index is 2.01. The van der Waals surface area contributed by atoms with E-state index in [-0.39, 0.29) is 17.9 Å². The van der Waals surface area contributed by atoms with Crippen molar-refractivity contribution in [2.75, 3.05) is 0 Å². The van der Waals surface area contributed by atoms with Crippen LogP contribution in [0, 0.1) is 12.8 Å². The number of rotatable bonds is 3. The van der Waals surface area contributed by atoms with Gasteiger partial charge in [-0.15, -0.1) is 11.3 Å². The van der Waals surface area contributed by atoms with E-state index in [2.05, 4.69) is 5.32 Å². The molecule has 0 bridgehead atoms. The van der Waals surface area contributed by atoms with Crippen molar-refractivity contribution < 1.29 is 4.79 Å². The fraction of sp³-hybridized carbons (Fsp3) is 0.500. The summed E-state index contributed by atoms with van der Waals surface area (Å²) >= 11 is 6.55. The molecule has 3 nitrogen and oxygen atoms in total. The quantitative estimate of drug-likeness (QED) is 0.827. The van der Waals surface area contributed by atoms with Gasteiger partial charge in [-0.1, -0.05) is 18.6 Å². The Kier molecular flexibility index (Phi) is 3.79. The molecular formula is C12H16N2OS2. The summed E-state index contributed by atoms with van der Waals surface area (Å²) in [7, 11) is 0. The molecule has 1 aromatic heterocycles. The third-order valence-electron chi connectivity index (χ3n) is 3.16. The Morgan fingerprint density at radius 3 is 2.88 bits per heavy atom. The second-order valence-corrected chi connectivity index (χ2v) is 6.19. The monoisotopic (exact) mass is 268 g/mol. The van der Waals surface area contributed by atoms with Gasteiger partial charge in [0.05, 0.1) is 9.87 Å². The average molecular weight is 268 g/mol. The summed E-state index contributed by atoms with van der Waals surface area (Å²) in [5, 5.41) is 3.04. The highest BCUT2D eigenvalue weighted by Gasteiger charge is 2.30. The molecule has 2 rings (SSSR count). The minimum atomic E-state index is -0.00347. The fourth-order valence-electron chi connectivity index (χ4n) is 2.27. The lowest BCUT2D eigenvalue weighted by Crippen LogP contribution is -2.41. The predicted octanol–water partition coefficient (Wildman–Crippen LogP) is 2.24. The number of amides is 1. The second kappa shape index (κ2) is 5.14. The zero-order chi connectivity index (χ0) is 12.4. The van der Waals surface area contributed by atoms with E-state index in [9.17, 15) is 4.79 Å². The molecule has 1 fully saturated rings. The number of hydrogen-bond donors (Lipinski definition) is 2. The van der Waals surface area contributed by atoms with Gasteiger partial charge in [0.25, 0.3) is 5.91 Å². The summed E-state index contributed by atoms with van der Waals surface area (Å²) in [5.41, 5.74) is 5.69. The van der Waals surface area contributed by atoms with Crippen molar-refractivity contribution in [1.82, 2.24) is 5.32 Å². The molecule has 17 heavy (non-hydrogen) atoms. The largest absolute Gasteiger partial charge is 0.393 e. The van der Waals surface area contributed by atoms with Gasteiger partial charge in [-0.05, 0) is 31.9 Å². The molecule has 5 heteroatoms. The first-order valence-electron chi connectivity index (χ1n) is 5.74. The number of thiocarbonyl (C=S) groups is 1. The molecule has 1 aliphatic rings. The van der Waals surface area contributed by atoms with Gasteiger partial charge in [0.1, 0.15) is 0 Å². The van der Waals surface area contributed by atoms with Gasteiger partial charge in [0, 0.05) is 16.8 Å². The zero-order valence-electron chi connectivity index (χ0n) is 9.73. The maximum atomic E-state index is 12.0. The van der Waals surface area contributed by atoms with Crippen LogP contribution in [0.1, 0.15) is 33.8 Å². The molecule has 2 unspecified atom stereocenters. The number of hydrogen-bond acceptors (Lipinski definition) is 3. The molecule has 0 spiro atoms. The van der Waals surface area contributed by atoms with Gasteiger partial charge in [0.15, 0.2) is 0 Å². The summed E-state index contributed by atoms with van der Waals surface area (Å²) in [6, 6.07) is 3.93. The van der Waals surface area contributed by atoms with Crippen molar-refractivity contribution in [3.8, 4) is 0 Å². The molecule has 1 aliphatic carbocycles. The van der Waals surface area contributed by atoms with E-state index >= 15 is 0 Å². The van der Waals surface area contributed by atoms with Crippen LogP contribution >= 0.6 is 23.6 Å². The summed E-state index contributed by atoms with van der Waals surface area (Å²) in [6.45, 7) is 1.99. The first-order valence-corrected chi connectivity index (χ1v) is 6.97. The van der Waals surface area contributed by atoms with Crippen LogP contribution in [-0.4, -0.2) is 16.9 Å². The number of carbonyl (C=O) groups excluding carboxylic acids is 1. The summed E-state index contributed by atoms with van der Waals surface area (Å²) in [5.74, 6) is 0.159. The van der Waals surface area contributed by atoms with E-state index in [1.54, 1.807) is 0 Å². The lowest BCUT2D eigenvalue weighted by molar-refractivity contribution is 0.0938. The van der Waals surface area contributed by atoms with E-state index in [0.717, 1.165) is 29.0 Å². The average Bonchev–Trinajstić information content (AvgIpc) is 2.86. The van der Waals surface area contributed by atoms with Crippen LogP contribution in [-0.2, 0) is 0 Å². The van der Waals surface area contributed by atoms with Crippen LogP contribution in [0.4, 0.5) is 0 Å². The first-order chi connectivity index (χ1) is 8.08. The van der Waals surface area contributed by atoms with Crippen LogP contribution in [0.5, 0.6) is 0 Å². The van der Waals surface area contributed by atoms with Crippen LogP contribution < -0.4 is 11.1 Å². The molecule has 1 heterocycles. The number of thiophene rings is 1. The van der Waals surface area contributed by atoms with Crippen molar-refractivity contribution in [3.63, 3.8) is 0 Å². The van der Waals surface area contributed by atoms with Crippen molar-refractivity contribution in [2.45, 2.75) is 32.2 Å². The third-order valence-corrected chi connectivity index (χ3v) is 4.46. The maximum Gasteiger partial charge on any atom is 0.261 e. The Morgan fingerprint density at radius 2 is 2.29 bits per heavy atom. The van der Waals surface area contributed by atoms with Crippen LogP contribution in [0.2, 0.25) is 0 Å². The maximum absolute atomic E-state index is 12.0.